The molecule has 4 atom stereocenters. The van der Waals surface area contributed by atoms with Gasteiger partial charge in [0.1, 0.15) is 18.1 Å². The Morgan fingerprint density at radius 2 is 1.51 bits per heavy atom. The fourth-order valence-corrected chi connectivity index (χ4v) is 3.04. The summed E-state index contributed by atoms with van der Waals surface area (Å²) < 4.78 is 0. The Balaban J connectivity index is 2.99. The van der Waals surface area contributed by atoms with Crippen LogP contribution in [0.15, 0.2) is 12.5 Å². The number of carboxylic acids is 2. The maximum atomic E-state index is 12.9. The van der Waals surface area contributed by atoms with Gasteiger partial charge in [0.2, 0.25) is 23.6 Å². The molecule has 0 aliphatic rings. The van der Waals surface area contributed by atoms with Crippen LogP contribution in [0.4, 0.5) is 0 Å². The van der Waals surface area contributed by atoms with E-state index < -0.39 is 72.6 Å². The lowest BCUT2D eigenvalue weighted by Crippen LogP contribution is -2.58. The van der Waals surface area contributed by atoms with Gasteiger partial charge in [-0.25, -0.2) is 9.78 Å². The van der Waals surface area contributed by atoms with E-state index in [-0.39, 0.29) is 18.8 Å². The van der Waals surface area contributed by atoms with Crippen molar-refractivity contribution in [2.75, 3.05) is 0 Å². The maximum absolute atomic E-state index is 12.9. The number of hydrogen-bond acceptors (Lipinski definition) is 8. The number of amides is 4. The standard InChI is InChI=1S/C20H31N7O8/c1-9(2)3-12(18(32)27-14(20(34)35)4-10-7-23-8-24-10)26-19(33)13(6-16(29)30)25-17(31)11(21)5-15(22)28/h7-9,11-14H,3-6,21H2,1-2H3,(H2,22,28)(H,23,24)(H,25,31)(H,26,33)(H,27,32)(H,29,30)(H,34,35). The monoisotopic (exact) mass is 497 g/mol. The van der Waals surface area contributed by atoms with E-state index in [0.29, 0.717) is 5.69 Å². The van der Waals surface area contributed by atoms with Crippen LogP contribution in [0.3, 0.4) is 0 Å². The second-order valence-electron chi connectivity index (χ2n) is 8.31. The number of primary amides is 1. The normalized spacial score (nSPS) is 14.3. The van der Waals surface area contributed by atoms with E-state index in [2.05, 4.69) is 25.9 Å². The predicted octanol–water partition coefficient (Wildman–Crippen LogP) is -2.79. The summed E-state index contributed by atoms with van der Waals surface area (Å²) in [5.41, 5.74) is 11.0. The predicted molar refractivity (Wildman–Crippen MR) is 119 cm³/mol. The average Bonchev–Trinajstić information content (AvgIpc) is 3.24. The number of hydrogen-bond donors (Lipinski definition) is 8. The van der Waals surface area contributed by atoms with Gasteiger partial charge in [0, 0.05) is 18.3 Å². The number of carbonyl (C=O) groups is 6. The minimum Gasteiger partial charge on any atom is -0.481 e. The zero-order chi connectivity index (χ0) is 26.7. The van der Waals surface area contributed by atoms with Gasteiger partial charge in [-0.1, -0.05) is 13.8 Å². The number of aromatic nitrogens is 2. The second-order valence-corrected chi connectivity index (χ2v) is 8.31. The molecule has 0 radical (unpaired) electrons. The van der Waals surface area contributed by atoms with Gasteiger partial charge in [-0.3, -0.25) is 24.0 Å². The molecule has 1 aromatic heterocycles. The molecule has 1 rings (SSSR count). The molecule has 0 aliphatic heterocycles. The molecular weight excluding hydrogens is 466 g/mol. The molecule has 15 nitrogen and oxygen atoms in total. The molecule has 0 aliphatic carbocycles. The third-order valence-corrected chi connectivity index (χ3v) is 4.70. The first-order valence-electron chi connectivity index (χ1n) is 10.7. The van der Waals surface area contributed by atoms with Gasteiger partial charge in [0.15, 0.2) is 0 Å². The van der Waals surface area contributed by atoms with Crippen LogP contribution < -0.4 is 27.4 Å². The van der Waals surface area contributed by atoms with Crippen molar-refractivity contribution in [3.05, 3.63) is 18.2 Å². The number of imidazole rings is 1. The summed E-state index contributed by atoms with van der Waals surface area (Å²) in [5, 5.41) is 25.5. The Kier molecular flexibility index (Phi) is 11.3. The second kappa shape index (κ2) is 13.6. The highest BCUT2D eigenvalue weighted by Gasteiger charge is 2.32. The Hall–Kier alpha value is -4.01. The number of nitrogens with one attached hydrogen (secondary N) is 4. The van der Waals surface area contributed by atoms with E-state index in [1.165, 1.54) is 12.5 Å². The third kappa shape index (κ3) is 10.6. The summed E-state index contributed by atoms with van der Waals surface area (Å²) in [6.07, 6.45) is 1.37. The Morgan fingerprint density at radius 1 is 0.943 bits per heavy atom. The molecule has 10 N–H and O–H groups in total. The average molecular weight is 498 g/mol. The van der Waals surface area contributed by atoms with Gasteiger partial charge < -0.3 is 42.6 Å². The number of H-pyrrole nitrogens is 1. The van der Waals surface area contributed by atoms with E-state index >= 15 is 0 Å². The largest absolute Gasteiger partial charge is 0.481 e. The van der Waals surface area contributed by atoms with Crippen LogP contribution in [0.2, 0.25) is 0 Å². The molecular formula is C20H31N7O8. The van der Waals surface area contributed by atoms with Gasteiger partial charge in [-0.05, 0) is 12.3 Å². The van der Waals surface area contributed by atoms with E-state index in [0.717, 1.165) is 0 Å². The molecule has 0 saturated heterocycles. The van der Waals surface area contributed by atoms with E-state index in [4.69, 9.17) is 16.6 Å². The molecule has 0 aromatic carbocycles. The fourth-order valence-electron chi connectivity index (χ4n) is 3.04. The lowest BCUT2D eigenvalue weighted by Gasteiger charge is -2.25. The van der Waals surface area contributed by atoms with E-state index in [9.17, 15) is 33.9 Å². The third-order valence-electron chi connectivity index (χ3n) is 4.70. The zero-order valence-corrected chi connectivity index (χ0v) is 19.3. The number of rotatable bonds is 15. The first-order chi connectivity index (χ1) is 16.3. The van der Waals surface area contributed by atoms with Gasteiger partial charge in [0.05, 0.1) is 25.2 Å². The highest BCUT2D eigenvalue weighted by atomic mass is 16.4. The first-order valence-corrected chi connectivity index (χ1v) is 10.7. The minimum atomic E-state index is -1.62. The molecule has 35 heavy (non-hydrogen) atoms. The minimum absolute atomic E-state index is 0.0862. The quantitative estimate of drug-likeness (QED) is 0.123. The molecule has 4 unspecified atom stereocenters. The summed E-state index contributed by atoms with van der Waals surface area (Å²) in [4.78, 5) is 78.2. The van der Waals surface area contributed by atoms with Crippen molar-refractivity contribution in [3.63, 3.8) is 0 Å². The maximum Gasteiger partial charge on any atom is 0.326 e. The fraction of sp³-hybridized carbons (Fsp3) is 0.550. The summed E-state index contributed by atoms with van der Waals surface area (Å²) in [7, 11) is 0. The molecule has 15 heteroatoms. The van der Waals surface area contributed by atoms with Crippen molar-refractivity contribution in [2.24, 2.45) is 17.4 Å². The van der Waals surface area contributed by atoms with Crippen LogP contribution in [-0.2, 0) is 35.2 Å². The molecule has 4 amide bonds. The van der Waals surface area contributed by atoms with Crippen molar-refractivity contribution in [3.8, 4) is 0 Å². The lowest BCUT2D eigenvalue weighted by atomic mass is 10.0. The summed E-state index contributed by atoms with van der Waals surface area (Å²) >= 11 is 0. The van der Waals surface area contributed by atoms with E-state index in [1.54, 1.807) is 13.8 Å². The first kappa shape index (κ1) is 29.0. The van der Waals surface area contributed by atoms with Crippen LogP contribution in [-0.4, -0.2) is 79.9 Å². The van der Waals surface area contributed by atoms with Crippen LogP contribution in [0.5, 0.6) is 0 Å². The van der Waals surface area contributed by atoms with Gasteiger partial charge in [-0.2, -0.15) is 0 Å². The molecule has 0 saturated carbocycles. The molecule has 0 bridgehead atoms. The van der Waals surface area contributed by atoms with E-state index in [1.807, 2.05) is 0 Å². The zero-order valence-electron chi connectivity index (χ0n) is 19.3. The molecule has 194 valence electrons. The smallest absolute Gasteiger partial charge is 0.326 e. The summed E-state index contributed by atoms with van der Waals surface area (Å²) in [6.45, 7) is 3.51. The Morgan fingerprint density at radius 3 is 2.00 bits per heavy atom. The van der Waals surface area contributed by atoms with Crippen LogP contribution >= 0.6 is 0 Å². The summed E-state index contributed by atoms with van der Waals surface area (Å²) in [5.74, 6) is -6.55. The lowest BCUT2D eigenvalue weighted by molar-refractivity contribution is -0.143. The topological polar surface area (TPSA) is 260 Å². The Bertz CT molecular complexity index is 919. The molecule has 0 fully saturated rings. The highest BCUT2D eigenvalue weighted by molar-refractivity contribution is 5.96. The van der Waals surface area contributed by atoms with Crippen molar-refractivity contribution < 1.29 is 39.0 Å². The van der Waals surface area contributed by atoms with Crippen molar-refractivity contribution in [2.45, 2.75) is 63.7 Å². The van der Waals surface area contributed by atoms with Crippen molar-refractivity contribution >= 4 is 35.6 Å². The van der Waals surface area contributed by atoms with Crippen molar-refractivity contribution in [1.29, 1.82) is 0 Å². The number of nitrogens with zero attached hydrogens (tertiary/aromatic N) is 1. The van der Waals surface area contributed by atoms with Crippen molar-refractivity contribution in [1.82, 2.24) is 25.9 Å². The number of aromatic amines is 1. The van der Waals surface area contributed by atoms with Gasteiger partial charge in [0.25, 0.3) is 0 Å². The Labute approximate surface area is 200 Å². The van der Waals surface area contributed by atoms with Crippen LogP contribution in [0.1, 0.15) is 38.8 Å². The number of carbonyl (C=O) groups excluding carboxylic acids is 4. The van der Waals surface area contributed by atoms with Gasteiger partial charge >= 0.3 is 11.9 Å². The van der Waals surface area contributed by atoms with Gasteiger partial charge in [-0.15, -0.1) is 0 Å². The molecule has 1 heterocycles. The molecule has 0 spiro atoms. The number of aliphatic carboxylic acids is 2. The summed E-state index contributed by atoms with van der Waals surface area (Å²) in [6, 6.07) is -5.61. The molecule has 1 aromatic rings. The number of carboxylic acid groups (broad SMARTS) is 2. The highest BCUT2D eigenvalue weighted by Crippen LogP contribution is 2.08. The van der Waals surface area contributed by atoms with Crippen LogP contribution in [0.25, 0.3) is 0 Å². The number of nitrogens with two attached hydrogens (primary N) is 2. The SMILES string of the molecule is CC(C)CC(NC(=O)C(CC(=O)O)NC(=O)C(N)CC(N)=O)C(=O)NC(Cc1cnc[nH]1)C(=O)O. The van der Waals surface area contributed by atoms with Crippen LogP contribution in [0, 0.1) is 5.92 Å².